The molecule has 2 aromatic rings. The van der Waals surface area contributed by atoms with Crippen LogP contribution in [-0.4, -0.2) is 10.8 Å². The average Bonchev–Trinajstić information content (AvgIpc) is 2.30. The number of carbonyl (C=O) groups is 1. The van der Waals surface area contributed by atoms with E-state index < -0.39 is 11.6 Å². The third-order valence-corrected chi connectivity index (χ3v) is 2.44. The minimum atomic E-state index is -0.618. The molecule has 2 nitrogen and oxygen atoms in total. The monoisotopic (exact) mass is 233 g/mol. The number of nitrogens with zero attached hydrogens (tertiary/aromatic N) is 1. The van der Waals surface area contributed by atoms with Crippen molar-refractivity contribution in [1.82, 2.24) is 4.98 Å². The number of pyridine rings is 1. The van der Waals surface area contributed by atoms with Gasteiger partial charge in [0.25, 0.3) is 0 Å². The van der Waals surface area contributed by atoms with Gasteiger partial charge < -0.3 is 0 Å². The van der Waals surface area contributed by atoms with Gasteiger partial charge in [-0.05, 0) is 31.2 Å². The molecular formula is C13H9F2NO. The predicted molar refractivity (Wildman–Crippen MR) is 59.6 cm³/mol. The third kappa shape index (κ3) is 2.20. The third-order valence-electron chi connectivity index (χ3n) is 2.44. The van der Waals surface area contributed by atoms with Crippen molar-refractivity contribution in [2.45, 2.75) is 6.92 Å². The van der Waals surface area contributed by atoms with Crippen molar-refractivity contribution in [1.29, 1.82) is 0 Å². The highest BCUT2D eigenvalue weighted by atomic mass is 19.1. The van der Waals surface area contributed by atoms with E-state index in [1.165, 1.54) is 31.3 Å². The number of benzene rings is 1. The SMILES string of the molecule is CC(=O)c1ccc(F)c(-c2ccncc2F)c1. The van der Waals surface area contributed by atoms with Crippen molar-refractivity contribution < 1.29 is 13.6 Å². The lowest BCUT2D eigenvalue weighted by Gasteiger charge is -2.06. The molecule has 0 radical (unpaired) electrons. The first-order valence-electron chi connectivity index (χ1n) is 5.00. The van der Waals surface area contributed by atoms with E-state index in [9.17, 15) is 13.6 Å². The average molecular weight is 233 g/mol. The van der Waals surface area contributed by atoms with Crippen LogP contribution in [-0.2, 0) is 0 Å². The van der Waals surface area contributed by atoms with Gasteiger partial charge in [-0.25, -0.2) is 8.78 Å². The van der Waals surface area contributed by atoms with E-state index in [1.807, 2.05) is 0 Å². The summed E-state index contributed by atoms with van der Waals surface area (Å²) in [7, 11) is 0. The molecule has 1 aromatic carbocycles. The van der Waals surface area contributed by atoms with E-state index in [1.54, 1.807) is 0 Å². The topological polar surface area (TPSA) is 30.0 Å². The summed E-state index contributed by atoms with van der Waals surface area (Å²) in [6.07, 6.45) is 2.38. The quantitative estimate of drug-likeness (QED) is 0.745. The van der Waals surface area contributed by atoms with Crippen LogP contribution < -0.4 is 0 Å². The zero-order valence-electron chi connectivity index (χ0n) is 9.08. The van der Waals surface area contributed by atoms with E-state index in [0.717, 1.165) is 12.3 Å². The maximum Gasteiger partial charge on any atom is 0.159 e. The molecule has 0 saturated carbocycles. The van der Waals surface area contributed by atoms with Crippen molar-refractivity contribution in [3.63, 3.8) is 0 Å². The fourth-order valence-corrected chi connectivity index (χ4v) is 1.54. The molecule has 17 heavy (non-hydrogen) atoms. The van der Waals surface area contributed by atoms with Crippen LogP contribution in [0.1, 0.15) is 17.3 Å². The molecule has 1 aromatic heterocycles. The molecule has 0 fully saturated rings. The minimum Gasteiger partial charge on any atom is -0.295 e. The zero-order valence-corrected chi connectivity index (χ0v) is 9.08. The number of Topliss-reactive ketones (excluding diaryl/α,β-unsaturated/α-hetero) is 1. The molecular weight excluding hydrogens is 224 g/mol. The molecule has 0 unspecified atom stereocenters. The second-order valence-electron chi connectivity index (χ2n) is 3.61. The molecule has 4 heteroatoms. The number of halogens is 2. The Bertz CT molecular complexity index is 581. The van der Waals surface area contributed by atoms with Gasteiger partial charge >= 0.3 is 0 Å². The van der Waals surface area contributed by atoms with Gasteiger partial charge in [-0.2, -0.15) is 0 Å². The van der Waals surface area contributed by atoms with E-state index in [2.05, 4.69) is 4.98 Å². The Labute approximate surface area is 96.9 Å². The summed E-state index contributed by atoms with van der Waals surface area (Å²) in [5.41, 5.74) is 0.510. The van der Waals surface area contributed by atoms with Gasteiger partial charge in [0.1, 0.15) is 11.6 Å². The van der Waals surface area contributed by atoms with Crippen molar-refractivity contribution >= 4 is 5.78 Å². The molecule has 0 aliphatic heterocycles. The summed E-state index contributed by atoms with van der Waals surface area (Å²) in [5, 5.41) is 0. The van der Waals surface area contributed by atoms with E-state index in [4.69, 9.17) is 0 Å². The van der Waals surface area contributed by atoms with E-state index in [0.29, 0.717) is 5.56 Å². The van der Waals surface area contributed by atoms with Gasteiger partial charge in [-0.3, -0.25) is 9.78 Å². The molecule has 0 saturated heterocycles. The van der Waals surface area contributed by atoms with Crippen LogP contribution in [0.15, 0.2) is 36.7 Å². The van der Waals surface area contributed by atoms with Crippen LogP contribution in [0.5, 0.6) is 0 Å². The first kappa shape index (κ1) is 11.4. The standard InChI is InChI=1S/C13H9F2NO/c1-8(17)9-2-3-12(14)11(6-9)10-4-5-16-7-13(10)15/h2-7H,1H3. The summed E-state index contributed by atoms with van der Waals surface area (Å²) in [5.74, 6) is -1.38. The number of ketones is 1. The Kier molecular flexibility index (Phi) is 2.95. The fourth-order valence-electron chi connectivity index (χ4n) is 1.54. The van der Waals surface area contributed by atoms with Gasteiger partial charge in [0, 0.05) is 22.9 Å². The molecule has 86 valence electrons. The Morgan fingerprint density at radius 2 is 1.88 bits per heavy atom. The highest BCUT2D eigenvalue weighted by Crippen LogP contribution is 2.26. The molecule has 0 N–H and O–H groups in total. The van der Waals surface area contributed by atoms with Crippen LogP contribution >= 0.6 is 0 Å². The normalized spacial score (nSPS) is 10.3. The number of aromatic nitrogens is 1. The fraction of sp³-hybridized carbons (Fsp3) is 0.0769. The Balaban J connectivity index is 2.63. The number of hydrogen-bond acceptors (Lipinski definition) is 2. The molecule has 1 heterocycles. The van der Waals surface area contributed by atoms with E-state index >= 15 is 0 Å². The van der Waals surface area contributed by atoms with Crippen LogP contribution in [0.2, 0.25) is 0 Å². The van der Waals surface area contributed by atoms with Crippen molar-refractivity contribution in [3.8, 4) is 11.1 Å². The Morgan fingerprint density at radius 3 is 2.53 bits per heavy atom. The number of rotatable bonds is 2. The van der Waals surface area contributed by atoms with Crippen molar-refractivity contribution in [2.24, 2.45) is 0 Å². The van der Waals surface area contributed by atoms with Crippen LogP contribution in [0, 0.1) is 11.6 Å². The first-order valence-corrected chi connectivity index (χ1v) is 5.00. The summed E-state index contributed by atoms with van der Waals surface area (Å²) < 4.78 is 27.1. The van der Waals surface area contributed by atoms with Crippen LogP contribution in [0.3, 0.4) is 0 Å². The van der Waals surface area contributed by atoms with Crippen molar-refractivity contribution in [2.75, 3.05) is 0 Å². The Hall–Kier alpha value is -2.10. The van der Waals surface area contributed by atoms with Gasteiger partial charge in [-0.1, -0.05) is 0 Å². The number of hydrogen-bond donors (Lipinski definition) is 0. The second-order valence-corrected chi connectivity index (χ2v) is 3.61. The molecule has 0 aliphatic rings. The van der Waals surface area contributed by atoms with Gasteiger partial charge in [0.05, 0.1) is 6.20 Å². The molecule has 0 amide bonds. The molecule has 2 rings (SSSR count). The van der Waals surface area contributed by atoms with Gasteiger partial charge in [-0.15, -0.1) is 0 Å². The largest absolute Gasteiger partial charge is 0.295 e. The smallest absolute Gasteiger partial charge is 0.159 e. The first-order chi connectivity index (χ1) is 8.09. The minimum absolute atomic E-state index is 0.0672. The molecule has 0 atom stereocenters. The van der Waals surface area contributed by atoms with E-state index in [-0.39, 0.29) is 16.9 Å². The zero-order chi connectivity index (χ0) is 12.4. The van der Waals surface area contributed by atoms with Gasteiger partial charge in [0.2, 0.25) is 0 Å². The number of carbonyl (C=O) groups excluding carboxylic acids is 1. The molecule has 0 spiro atoms. The Morgan fingerprint density at radius 1 is 1.12 bits per heavy atom. The lowest BCUT2D eigenvalue weighted by Crippen LogP contribution is -1.96. The van der Waals surface area contributed by atoms with Crippen molar-refractivity contribution in [3.05, 3.63) is 53.9 Å². The van der Waals surface area contributed by atoms with Crippen LogP contribution in [0.25, 0.3) is 11.1 Å². The summed E-state index contributed by atoms with van der Waals surface area (Å²) >= 11 is 0. The predicted octanol–water partition coefficient (Wildman–Crippen LogP) is 3.23. The van der Waals surface area contributed by atoms with Crippen LogP contribution in [0.4, 0.5) is 8.78 Å². The molecule has 0 bridgehead atoms. The van der Waals surface area contributed by atoms with Gasteiger partial charge in [0.15, 0.2) is 5.78 Å². The lowest BCUT2D eigenvalue weighted by molar-refractivity contribution is 0.101. The maximum atomic E-state index is 13.6. The summed E-state index contributed by atoms with van der Waals surface area (Å²) in [6, 6.07) is 5.25. The highest BCUT2D eigenvalue weighted by Gasteiger charge is 2.12. The summed E-state index contributed by atoms with van der Waals surface area (Å²) in [4.78, 5) is 14.8. The second kappa shape index (κ2) is 4.41. The molecule has 0 aliphatic carbocycles. The lowest BCUT2D eigenvalue weighted by atomic mass is 10.0. The maximum absolute atomic E-state index is 13.6. The summed E-state index contributed by atoms with van der Waals surface area (Å²) in [6.45, 7) is 1.37. The highest BCUT2D eigenvalue weighted by molar-refractivity contribution is 5.95.